The molecule has 0 fully saturated rings. The largest absolute Gasteiger partial charge is 0.320 e. The SMILES string of the molecule is Cc1ccc(NC(=O)/C=C/c2csc(C)n2)c(F)c1. The smallest absolute Gasteiger partial charge is 0.248 e. The zero-order valence-electron chi connectivity index (χ0n) is 10.6. The monoisotopic (exact) mass is 276 g/mol. The summed E-state index contributed by atoms with van der Waals surface area (Å²) in [6.07, 6.45) is 2.94. The molecule has 2 rings (SSSR count). The molecule has 0 spiro atoms. The molecule has 0 aliphatic rings. The van der Waals surface area contributed by atoms with Gasteiger partial charge >= 0.3 is 0 Å². The molecule has 0 aliphatic carbocycles. The Morgan fingerprint density at radius 3 is 2.84 bits per heavy atom. The Labute approximate surface area is 114 Å². The molecule has 0 atom stereocenters. The van der Waals surface area contributed by atoms with E-state index in [4.69, 9.17) is 0 Å². The summed E-state index contributed by atoms with van der Waals surface area (Å²) in [6.45, 7) is 3.68. The summed E-state index contributed by atoms with van der Waals surface area (Å²) in [5.74, 6) is -0.820. The van der Waals surface area contributed by atoms with Gasteiger partial charge in [0, 0.05) is 11.5 Å². The van der Waals surface area contributed by atoms with Crippen molar-refractivity contribution in [2.45, 2.75) is 13.8 Å². The zero-order valence-corrected chi connectivity index (χ0v) is 11.4. The molecule has 19 heavy (non-hydrogen) atoms. The van der Waals surface area contributed by atoms with E-state index in [0.29, 0.717) is 0 Å². The van der Waals surface area contributed by atoms with Crippen LogP contribution < -0.4 is 5.32 Å². The molecule has 1 aromatic heterocycles. The van der Waals surface area contributed by atoms with E-state index in [1.807, 2.05) is 12.3 Å². The molecule has 5 heteroatoms. The highest BCUT2D eigenvalue weighted by Crippen LogP contribution is 2.15. The van der Waals surface area contributed by atoms with Crippen LogP contribution in [0.3, 0.4) is 0 Å². The van der Waals surface area contributed by atoms with Gasteiger partial charge in [0.15, 0.2) is 0 Å². The number of aromatic nitrogens is 1. The molecular formula is C14H13FN2OS. The van der Waals surface area contributed by atoms with Crippen LogP contribution in [-0.2, 0) is 4.79 Å². The molecule has 0 unspecified atom stereocenters. The molecule has 98 valence electrons. The summed E-state index contributed by atoms with van der Waals surface area (Å²) < 4.78 is 13.5. The fraction of sp³-hybridized carbons (Fsp3) is 0.143. The van der Waals surface area contributed by atoms with Crippen molar-refractivity contribution in [1.82, 2.24) is 4.98 Å². The van der Waals surface area contributed by atoms with Gasteiger partial charge in [0.1, 0.15) is 5.82 Å². The summed E-state index contributed by atoms with van der Waals surface area (Å²) in [6, 6.07) is 4.67. The van der Waals surface area contributed by atoms with Crippen LogP contribution in [-0.4, -0.2) is 10.9 Å². The van der Waals surface area contributed by atoms with E-state index in [-0.39, 0.29) is 11.6 Å². The van der Waals surface area contributed by atoms with E-state index in [2.05, 4.69) is 10.3 Å². The first kappa shape index (κ1) is 13.4. The van der Waals surface area contributed by atoms with Crippen molar-refractivity contribution in [3.63, 3.8) is 0 Å². The zero-order chi connectivity index (χ0) is 13.8. The number of rotatable bonds is 3. The second-order valence-corrected chi connectivity index (χ2v) is 5.16. The van der Waals surface area contributed by atoms with Gasteiger partial charge in [-0.2, -0.15) is 0 Å². The van der Waals surface area contributed by atoms with Gasteiger partial charge in [-0.3, -0.25) is 4.79 Å². The maximum atomic E-state index is 13.5. The number of nitrogens with one attached hydrogen (secondary N) is 1. The van der Waals surface area contributed by atoms with Gasteiger partial charge < -0.3 is 5.32 Å². The topological polar surface area (TPSA) is 42.0 Å². The van der Waals surface area contributed by atoms with Crippen LogP contribution in [0, 0.1) is 19.7 Å². The maximum absolute atomic E-state index is 13.5. The van der Waals surface area contributed by atoms with Crippen LogP contribution in [0.15, 0.2) is 29.7 Å². The van der Waals surface area contributed by atoms with Gasteiger partial charge in [0.2, 0.25) is 5.91 Å². The van der Waals surface area contributed by atoms with E-state index in [0.717, 1.165) is 16.3 Å². The minimum atomic E-state index is -0.439. The van der Waals surface area contributed by atoms with Gasteiger partial charge in [-0.1, -0.05) is 6.07 Å². The Morgan fingerprint density at radius 1 is 1.42 bits per heavy atom. The van der Waals surface area contributed by atoms with Gasteiger partial charge in [-0.25, -0.2) is 9.37 Å². The number of nitrogens with zero attached hydrogens (tertiary/aromatic N) is 1. The van der Waals surface area contributed by atoms with Crippen molar-refractivity contribution >= 4 is 29.0 Å². The standard InChI is InChI=1S/C14H13FN2OS/c1-9-3-5-13(12(15)7-9)17-14(18)6-4-11-8-19-10(2)16-11/h3-8H,1-2H3,(H,17,18)/b6-4+. The minimum absolute atomic E-state index is 0.176. The lowest BCUT2D eigenvalue weighted by Crippen LogP contribution is -2.09. The van der Waals surface area contributed by atoms with E-state index in [1.54, 1.807) is 25.1 Å². The quantitative estimate of drug-likeness (QED) is 0.871. The number of thiazole rings is 1. The Balaban J connectivity index is 2.03. The number of carbonyl (C=O) groups is 1. The Hall–Kier alpha value is -2.01. The normalized spacial score (nSPS) is 10.9. The third kappa shape index (κ3) is 3.72. The molecular weight excluding hydrogens is 263 g/mol. The van der Waals surface area contributed by atoms with Crippen molar-refractivity contribution in [2.24, 2.45) is 0 Å². The molecule has 0 saturated carbocycles. The van der Waals surface area contributed by atoms with E-state index in [1.165, 1.54) is 23.5 Å². The predicted molar refractivity (Wildman–Crippen MR) is 75.7 cm³/mol. The molecule has 1 heterocycles. The number of halogens is 1. The van der Waals surface area contributed by atoms with Crippen LogP contribution in [0.2, 0.25) is 0 Å². The van der Waals surface area contributed by atoms with Gasteiger partial charge in [-0.05, 0) is 37.6 Å². The number of hydrogen-bond acceptors (Lipinski definition) is 3. The lowest BCUT2D eigenvalue weighted by molar-refractivity contribution is -0.111. The maximum Gasteiger partial charge on any atom is 0.248 e. The first-order chi connectivity index (χ1) is 9.04. The first-order valence-corrected chi connectivity index (χ1v) is 6.60. The molecule has 1 aromatic carbocycles. The van der Waals surface area contributed by atoms with Gasteiger partial charge in [-0.15, -0.1) is 11.3 Å². The van der Waals surface area contributed by atoms with Gasteiger partial charge in [0.05, 0.1) is 16.4 Å². The number of amides is 1. The number of aryl methyl sites for hydroxylation is 2. The fourth-order valence-corrected chi connectivity index (χ4v) is 2.09. The second-order valence-electron chi connectivity index (χ2n) is 4.10. The molecule has 1 N–H and O–H groups in total. The van der Waals surface area contributed by atoms with Crippen LogP contribution in [0.25, 0.3) is 6.08 Å². The highest BCUT2D eigenvalue weighted by atomic mass is 32.1. The molecule has 1 amide bonds. The summed E-state index contributed by atoms with van der Waals surface area (Å²) in [5.41, 5.74) is 1.71. The molecule has 2 aromatic rings. The Bertz CT molecular complexity index is 634. The van der Waals surface area contributed by atoms with Crippen LogP contribution in [0.5, 0.6) is 0 Å². The average molecular weight is 276 g/mol. The molecule has 0 saturated heterocycles. The second kappa shape index (κ2) is 5.75. The van der Waals surface area contributed by atoms with Crippen LogP contribution in [0.1, 0.15) is 16.3 Å². The molecule has 0 aliphatic heterocycles. The van der Waals surface area contributed by atoms with E-state index in [9.17, 15) is 9.18 Å². The first-order valence-electron chi connectivity index (χ1n) is 5.72. The summed E-state index contributed by atoms with van der Waals surface area (Å²) in [5, 5.41) is 5.28. The number of carbonyl (C=O) groups excluding carboxylic acids is 1. The molecule has 0 radical (unpaired) electrons. The Morgan fingerprint density at radius 2 is 2.21 bits per heavy atom. The third-order valence-electron chi connectivity index (χ3n) is 2.42. The van der Waals surface area contributed by atoms with Crippen molar-refractivity contribution in [3.05, 3.63) is 51.7 Å². The lowest BCUT2D eigenvalue weighted by Gasteiger charge is -2.04. The van der Waals surface area contributed by atoms with E-state index < -0.39 is 5.82 Å². The Kier molecular flexibility index (Phi) is 4.06. The van der Waals surface area contributed by atoms with Crippen LogP contribution >= 0.6 is 11.3 Å². The summed E-state index contributed by atoms with van der Waals surface area (Å²) >= 11 is 1.51. The number of benzene rings is 1. The van der Waals surface area contributed by atoms with Crippen LogP contribution in [0.4, 0.5) is 10.1 Å². The summed E-state index contributed by atoms with van der Waals surface area (Å²) in [7, 11) is 0. The van der Waals surface area contributed by atoms with Crippen molar-refractivity contribution in [1.29, 1.82) is 0 Å². The summed E-state index contributed by atoms with van der Waals surface area (Å²) in [4.78, 5) is 15.8. The van der Waals surface area contributed by atoms with Crippen molar-refractivity contribution < 1.29 is 9.18 Å². The van der Waals surface area contributed by atoms with E-state index >= 15 is 0 Å². The van der Waals surface area contributed by atoms with Crippen molar-refractivity contribution in [2.75, 3.05) is 5.32 Å². The lowest BCUT2D eigenvalue weighted by atomic mass is 10.2. The highest BCUT2D eigenvalue weighted by Gasteiger charge is 2.04. The third-order valence-corrected chi connectivity index (χ3v) is 3.22. The van der Waals surface area contributed by atoms with Gasteiger partial charge in [0.25, 0.3) is 0 Å². The minimum Gasteiger partial charge on any atom is -0.320 e. The molecule has 3 nitrogen and oxygen atoms in total. The predicted octanol–water partition coefficient (Wildman–Crippen LogP) is 3.55. The highest BCUT2D eigenvalue weighted by molar-refractivity contribution is 7.09. The molecule has 0 bridgehead atoms. The fourth-order valence-electron chi connectivity index (χ4n) is 1.51. The average Bonchev–Trinajstić information content (AvgIpc) is 2.76. The number of anilines is 1. The van der Waals surface area contributed by atoms with Crippen molar-refractivity contribution in [3.8, 4) is 0 Å². The number of hydrogen-bond donors (Lipinski definition) is 1.